The van der Waals surface area contributed by atoms with Gasteiger partial charge in [-0.25, -0.2) is 0 Å². The van der Waals surface area contributed by atoms with E-state index in [-0.39, 0.29) is 0 Å². The van der Waals surface area contributed by atoms with Gasteiger partial charge in [0.05, 0.1) is 5.52 Å². The topological polar surface area (TPSA) is 28.2 Å². The maximum atomic E-state index is 4.43. The Morgan fingerprint density at radius 3 is 3.05 bits per heavy atom. The molecule has 0 saturated carbocycles. The van der Waals surface area contributed by atoms with Crippen LogP contribution in [-0.2, 0) is 0 Å². The average molecular weight is 283 g/mol. The van der Waals surface area contributed by atoms with E-state index in [2.05, 4.69) is 53.4 Å². The molecule has 1 saturated heterocycles. The molecule has 2 atom stereocenters. The first kappa shape index (κ1) is 14.5. The molecule has 112 valence electrons. The number of likely N-dealkylation sites (tertiary alicyclic amines) is 1. The number of nitrogens with one attached hydrogen (secondary N) is 1. The Balaban J connectivity index is 1.95. The van der Waals surface area contributed by atoms with E-state index >= 15 is 0 Å². The Labute approximate surface area is 127 Å². The normalized spacial score (nSPS) is 23.0. The van der Waals surface area contributed by atoms with Crippen LogP contribution in [0.25, 0.3) is 10.9 Å². The second-order valence-electron chi connectivity index (χ2n) is 6.04. The summed E-state index contributed by atoms with van der Waals surface area (Å²) < 4.78 is 0. The maximum Gasteiger partial charge on any atom is 0.0702 e. The summed E-state index contributed by atoms with van der Waals surface area (Å²) in [5, 5.41) is 4.62. The van der Waals surface area contributed by atoms with Crippen LogP contribution in [0.4, 0.5) is 0 Å². The molecule has 0 spiro atoms. The van der Waals surface area contributed by atoms with Crippen LogP contribution >= 0.6 is 0 Å². The first-order valence-corrected chi connectivity index (χ1v) is 8.07. The van der Waals surface area contributed by atoms with E-state index in [1.165, 1.54) is 36.9 Å². The predicted molar refractivity (Wildman–Crippen MR) is 88.4 cm³/mol. The molecule has 0 radical (unpaired) electrons. The number of hydrogen-bond acceptors (Lipinski definition) is 3. The zero-order valence-corrected chi connectivity index (χ0v) is 13.0. The maximum absolute atomic E-state index is 4.43. The first-order valence-electron chi connectivity index (χ1n) is 8.07. The van der Waals surface area contributed by atoms with E-state index in [0.29, 0.717) is 12.0 Å². The van der Waals surface area contributed by atoms with Gasteiger partial charge in [-0.1, -0.05) is 19.1 Å². The van der Waals surface area contributed by atoms with Crippen LogP contribution in [0.1, 0.15) is 31.4 Å². The van der Waals surface area contributed by atoms with Crippen LogP contribution in [0.5, 0.6) is 0 Å². The summed E-state index contributed by atoms with van der Waals surface area (Å²) in [4.78, 5) is 7.09. The molecule has 2 unspecified atom stereocenters. The van der Waals surface area contributed by atoms with Crippen molar-refractivity contribution in [1.82, 2.24) is 15.2 Å². The van der Waals surface area contributed by atoms with Crippen molar-refractivity contribution >= 4 is 10.9 Å². The molecule has 2 aromatic rings. The molecule has 0 bridgehead atoms. The van der Waals surface area contributed by atoms with Crippen LogP contribution in [0.3, 0.4) is 0 Å². The SMILES string of the molecule is CCCN1CCC(CNC)C1c1ccc2ncccc2c1. The molecule has 2 heterocycles. The Hall–Kier alpha value is -1.45. The molecule has 1 N–H and O–H groups in total. The number of fused-ring (bicyclic) bond motifs is 1. The Kier molecular flexibility index (Phi) is 4.51. The van der Waals surface area contributed by atoms with Crippen LogP contribution in [0.15, 0.2) is 36.5 Å². The average Bonchev–Trinajstić information content (AvgIpc) is 2.90. The highest BCUT2D eigenvalue weighted by atomic mass is 15.2. The highest BCUT2D eigenvalue weighted by Crippen LogP contribution is 2.37. The fraction of sp³-hybridized carbons (Fsp3) is 0.500. The monoisotopic (exact) mass is 283 g/mol. The van der Waals surface area contributed by atoms with E-state index in [1.54, 1.807) is 0 Å². The largest absolute Gasteiger partial charge is 0.319 e. The van der Waals surface area contributed by atoms with Gasteiger partial charge in [-0.2, -0.15) is 0 Å². The molecule has 1 fully saturated rings. The second kappa shape index (κ2) is 6.54. The molecule has 1 aromatic heterocycles. The molecule has 1 aromatic carbocycles. The molecule has 0 amide bonds. The van der Waals surface area contributed by atoms with Crippen molar-refractivity contribution in [2.45, 2.75) is 25.8 Å². The second-order valence-corrected chi connectivity index (χ2v) is 6.04. The lowest BCUT2D eigenvalue weighted by atomic mass is 9.92. The quantitative estimate of drug-likeness (QED) is 0.913. The third kappa shape index (κ3) is 2.94. The number of nitrogens with zero attached hydrogens (tertiary/aromatic N) is 2. The summed E-state index contributed by atoms with van der Waals surface area (Å²) in [6.45, 7) is 5.77. The van der Waals surface area contributed by atoms with Gasteiger partial charge in [-0.15, -0.1) is 0 Å². The molecule has 1 aliphatic rings. The number of benzene rings is 1. The summed E-state index contributed by atoms with van der Waals surface area (Å²) in [6, 6.07) is 11.5. The van der Waals surface area contributed by atoms with Crippen molar-refractivity contribution in [3.63, 3.8) is 0 Å². The molecule has 1 aliphatic heterocycles. The Morgan fingerprint density at radius 1 is 1.33 bits per heavy atom. The molecule has 3 heteroatoms. The minimum absolute atomic E-state index is 0.544. The highest BCUT2D eigenvalue weighted by molar-refractivity contribution is 5.79. The third-order valence-corrected chi connectivity index (χ3v) is 4.57. The van der Waals surface area contributed by atoms with Crippen molar-refractivity contribution in [3.05, 3.63) is 42.1 Å². The van der Waals surface area contributed by atoms with Gasteiger partial charge in [0.2, 0.25) is 0 Å². The van der Waals surface area contributed by atoms with Gasteiger partial charge in [0.1, 0.15) is 0 Å². The number of aromatic nitrogens is 1. The zero-order chi connectivity index (χ0) is 14.7. The summed E-state index contributed by atoms with van der Waals surface area (Å²) in [7, 11) is 2.06. The van der Waals surface area contributed by atoms with Gasteiger partial charge in [0.25, 0.3) is 0 Å². The van der Waals surface area contributed by atoms with Crippen LogP contribution in [0, 0.1) is 5.92 Å². The van der Waals surface area contributed by atoms with Crippen molar-refractivity contribution in [1.29, 1.82) is 0 Å². The van der Waals surface area contributed by atoms with E-state index < -0.39 is 0 Å². The summed E-state index contributed by atoms with van der Waals surface area (Å²) in [5.74, 6) is 0.704. The third-order valence-electron chi connectivity index (χ3n) is 4.57. The first-order chi connectivity index (χ1) is 10.3. The highest BCUT2D eigenvalue weighted by Gasteiger charge is 2.34. The molecular formula is C18H25N3. The van der Waals surface area contributed by atoms with Gasteiger partial charge in [0.15, 0.2) is 0 Å². The smallest absolute Gasteiger partial charge is 0.0702 e. The molecule has 3 nitrogen and oxygen atoms in total. The van der Waals surface area contributed by atoms with E-state index in [4.69, 9.17) is 0 Å². The summed E-state index contributed by atoms with van der Waals surface area (Å²) in [6.07, 6.45) is 4.37. The van der Waals surface area contributed by atoms with Crippen molar-refractivity contribution < 1.29 is 0 Å². The fourth-order valence-corrected chi connectivity index (χ4v) is 3.70. The van der Waals surface area contributed by atoms with Crippen LogP contribution in [-0.4, -0.2) is 36.6 Å². The number of pyridine rings is 1. The van der Waals surface area contributed by atoms with Gasteiger partial charge in [-0.3, -0.25) is 9.88 Å². The lowest BCUT2D eigenvalue weighted by molar-refractivity contribution is 0.227. The van der Waals surface area contributed by atoms with E-state index in [9.17, 15) is 0 Å². The minimum atomic E-state index is 0.544. The zero-order valence-electron chi connectivity index (χ0n) is 13.0. The molecule has 3 rings (SSSR count). The molecule has 21 heavy (non-hydrogen) atoms. The van der Waals surface area contributed by atoms with Crippen molar-refractivity contribution in [2.75, 3.05) is 26.7 Å². The number of hydrogen-bond donors (Lipinski definition) is 1. The minimum Gasteiger partial charge on any atom is -0.319 e. The van der Waals surface area contributed by atoms with Crippen molar-refractivity contribution in [3.8, 4) is 0 Å². The van der Waals surface area contributed by atoms with E-state index in [0.717, 1.165) is 12.1 Å². The lowest BCUT2D eigenvalue weighted by Crippen LogP contribution is -2.29. The standard InChI is InChI=1S/C18H25N3/c1-3-10-21-11-8-16(13-19-2)18(21)15-6-7-17-14(12-15)5-4-9-20-17/h4-7,9,12,16,18-19H,3,8,10-11,13H2,1-2H3. The Bertz CT molecular complexity index is 582. The summed E-state index contributed by atoms with van der Waals surface area (Å²) in [5.41, 5.74) is 2.54. The number of rotatable bonds is 5. The Morgan fingerprint density at radius 2 is 2.24 bits per heavy atom. The molecular weight excluding hydrogens is 258 g/mol. The fourth-order valence-electron chi connectivity index (χ4n) is 3.70. The molecule has 0 aliphatic carbocycles. The lowest BCUT2D eigenvalue weighted by Gasteiger charge is -2.28. The van der Waals surface area contributed by atoms with Crippen LogP contribution in [0.2, 0.25) is 0 Å². The van der Waals surface area contributed by atoms with Gasteiger partial charge < -0.3 is 5.32 Å². The van der Waals surface area contributed by atoms with Gasteiger partial charge >= 0.3 is 0 Å². The van der Waals surface area contributed by atoms with E-state index in [1.807, 2.05) is 12.3 Å². The van der Waals surface area contributed by atoms with Crippen LogP contribution < -0.4 is 5.32 Å². The van der Waals surface area contributed by atoms with Gasteiger partial charge in [-0.05, 0) is 69.2 Å². The summed E-state index contributed by atoms with van der Waals surface area (Å²) >= 11 is 0. The predicted octanol–water partition coefficient (Wildman–Crippen LogP) is 3.23. The van der Waals surface area contributed by atoms with Gasteiger partial charge in [0, 0.05) is 17.6 Å². The van der Waals surface area contributed by atoms with Crippen molar-refractivity contribution in [2.24, 2.45) is 5.92 Å².